The van der Waals surface area contributed by atoms with Crippen LogP contribution in [0.4, 0.5) is 0 Å². The molecule has 0 aliphatic rings. The molecule has 1 heterocycles. The van der Waals surface area contributed by atoms with E-state index in [1.165, 1.54) is 25.3 Å². The van der Waals surface area contributed by atoms with Gasteiger partial charge in [0.1, 0.15) is 0 Å². The molecule has 0 radical (unpaired) electrons. The molecular formula is C14H13NO3. The SMILES string of the molecule is COc1cc(C(=O)/C=C/c2ccc[nH]2)ccc1O. The first kappa shape index (κ1) is 12.0. The van der Waals surface area contributed by atoms with Gasteiger partial charge in [-0.1, -0.05) is 0 Å². The van der Waals surface area contributed by atoms with Gasteiger partial charge in [-0.3, -0.25) is 4.79 Å². The molecule has 1 aromatic carbocycles. The smallest absolute Gasteiger partial charge is 0.186 e. The van der Waals surface area contributed by atoms with Crippen molar-refractivity contribution in [1.82, 2.24) is 4.98 Å². The number of allylic oxidation sites excluding steroid dienone is 1. The molecule has 0 aliphatic heterocycles. The summed E-state index contributed by atoms with van der Waals surface area (Å²) in [5, 5.41) is 9.44. The minimum Gasteiger partial charge on any atom is -0.504 e. The van der Waals surface area contributed by atoms with Gasteiger partial charge in [0.25, 0.3) is 0 Å². The highest BCUT2D eigenvalue weighted by molar-refractivity contribution is 6.07. The summed E-state index contributed by atoms with van der Waals surface area (Å²) in [6.07, 6.45) is 4.95. The summed E-state index contributed by atoms with van der Waals surface area (Å²) >= 11 is 0. The van der Waals surface area contributed by atoms with E-state index >= 15 is 0 Å². The number of aromatic nitrogens is 1. The van der Waals surface area contributed by atoms with Crippen LogP contribution in [-0.2, 0) is 0 Å². The molecule has 0 amide bonds. The van der Waals surface area contributed by atoms with Crippen LogP contribution < -0.4 is 4.74 Å². The maximum Gasteiger partial charge on any atom is 0.186 e. The molecular weight excluding hydrogens is 230 g/mol. The Balaban J connectivity index is 2.19. The molecule has 0 fully saturated rings. The molecule has 2 N–H and O–H groups in total. The van der Waals surface area contributed by atoms with Gasteiger partial charge in [-0.2, -0.15) is 0 Å². The third-order valence-electron chi connectivity index (χ3n) is 2.50. The quantitative estimate of drug-likeness (QED) is 0.641. The number of benzene rings is 1. The molecule has 0 saturated heterocycles. The molecule has 0 bridgehead atoms. The number of nitrogens with one attached hydrogen (secondary N) is 1. The van der Waals surface area contributed by atoms with Crippen molar-refractivity contribution in [2.24, 2.45) is 0 Å². The Bertz CT molecular complexity index is 571. The van der Waals surface area contributed by atoms with Crippen LogP contribution in [0.5, 0.6) is 11.5 Å². The third kappa shape index (κ3) is 2.60. The van der Waals surface area contributed by atoms with Crippen LogP contribution in [0.2, 0.25) is 0 Å². The lowest BCUT2D eigenvalue weighted by Gasteiger charge is -2.04. The number of carbonyl (C=O) groups excluding carboxylic acids is 1. The fourth-order valence-electron chi connectivity index (χ4n) is 1.54. The number of aromatic hydroxyl groups is 1. The van der Waals surface area contributed by atoms with Crippen molar-refractivity contribution < 1.29 is 14.6 Å². The first-order chi connectivity index (χ1) is 8.70. The van der Waals surface area contributed by atoms with Crippen molar-refractivity contribution >= 4 is 11.9 Å². The molecule has 4 nitrogen and oxygen atoms in total. The van der Waals surface area contributed by atoms with Crippen molar-refractivity contribution in [2.75, 3.05) is 7.11 Å². The van der Waals surface area contributed by atoms with E-state index in [1.54, 1.807) is 18.3 Å². The van der Waals surface area contributed by atoms with E-state index in [4.69, 9.17) is 4.74 Å². The average molecular weight is 243 g/mol. The Hall–Kier alpha value is -2.49. The van der Waals surface area contributed by atoms with Gasteiger partial charge in [-0.15, -0.1) is 0 Å². The molecule has 0 aliphatic carbocycles. The van der Waals surface area contributed by atoms with Crippen LogP contribution in [0.1, 0.15) is 16.1 Å². The minimum absolute atomic E-state index is 0.0161. The Morgan fingerprint density at radius 2 is 2.22 bits per heavy atom. The largest absolute Gasteiger partial charge is 0.504 e. The molecule has 0 atom stereocenters. The van der Waals surface area contributed by atoms with E-state index in [0.29, 0.717) is 5.56 Å². The second-order valence-corrected chi connectivity index (χ2v) is 3.71. The molecule has 2 rings (SSSR count). The van der Waals surface area contributed by atoms with Crippen LogP contribution in [0, 0.1) is 0 Å². The van der Waals surface area contributed by atoms with Gasteiger partial charge in [0.05, 0.1) is 7.11 Å². The van der Waals surface area contributed by atoms with Gasteiger partial charge in [-0.25, -0.2) is 0 Å². The normalized spacial score (nSPS) is 10.7. The predicted octanol–water partition coefficient (Wildman–Crippen LogP) is 2.63. The maximum absolute atomic E-state index is 11.9. The molecule has 92 valence electrons. The van der Waals surface area contributed by atoms with Crippen molar-refractivity contribution in [3.63, 3.8) is 0 Å². The van der Waals surface area contributed by atoms with Gasteiger partial charge in [0.15, 0.2) is 17.3 Å². The van der Waals surface area contributed by atoms with E-state index in [9.17, 15) is 9.90 Å². The summed E-state index contributed by atoms with van der Waals surface area (Å²) in [7, 11) is 1.44. The maximum atomic E-state index is 11.9. The summed E-state index contributed by atoms with van der Waals surface area (Å²) in [5.41, 5.74) is 1.32. The highest BCUT2D eigenvalue weighted by Gasteiger charge is 2.07. The number of aromatic amines is 1. The molecule has 0 spiro atoms. The van der Waals surface area contributed by atoms with E-state index in [1.807, 2.05) is 12.1 Å². The second-order valence-electron chi connectivity index (χ2n) is 3.71. The topological polar surface area (TPSA) is 62.3 Å². The second kappa shape index (κ2) is 5.23. The number of hydrogen-bond donors (Lipinski definition) is 2. The van der Waals surface area contributed by atoms with Gasteiger partial charge in [-0.05, 0) is 42.5 Å². The number of phenols is 1. The minimum atomic E-state index is -0.150. The zero-order valence-corrected chi connectivity index (χ0v) is 9.88. The van der Waals surface area contributed by atoms with Crippen molar-refractivity contribution in [3.05, 3.63) is 53.9 Å². The number of hydrogen-bond acceptors (Lipinski definition) is 3. The van der Waals surface area contributed by atoms with Crippen LogP contribution in [0.15, 0.2) is 42.6 Å². The number of ketones is 1. The van der Waals surface area contributed by atoms with E-state index in [2.05, 4.69) is 4.98 Å². The first-order valence-electron chi connectivity index (χ1n) is 5.43. The summed E-state index contributed by atoms with van der Waals surface area (Å²) in [6.45, 7) is 0. The summed E-state index contributed by atoms with van der Waals surface area (Å²) in [6, 6.07) is 8.22. The summed E-state index contributed by atoms with van der Waals surface area (Å²) < 4.78 is 4.95. The highest BCUT2D eigenvalue weighted by atomic mass is 16.5. The number of rotatable bonds is 4. The average Bonchev–Trinajstić information content (AvgIpc) is 2.89. The van der Waals surface area contributed by atoms with Crippen molar-refractivity contribution in [3.8, 4) is 11.5 Å². The van der Waals surface area contributed by atoms with Crippen LogP contribution in [0.3, 0.4) is 0 Å². The van der Waals surface area contributed by atoms with Gasteiger partial charge in [0.2, 0.25) is 0 Å². The summed E-state index contributed by atoms with van der Waals surface area (Å²) in [4.78, 5) is 14.9. The first-order valence-corrected chi connectivity index (χ1v) is 5.43. The zero-order valence-electron chi connectivity index (χ0n) is 9.88. The van der Waals surface area contributed by atoms with Crippen LogP contribution in [-0.4, -0.2) is 23.0 Å². The lowest BCUT2D eigenvalue weighted by Crippen LogP contribution is -1.95. The fourth-order valence-corrected chi connectivity index (χ4v) is 1.54. The Labute approximate surface area is 105 Å². The van der Waals surface area contributed by atoms with Crippen molar-refractivity contribution in [1.29, 1.82) is 0 Å². The predicted molar refractivity (Wildman–Crippen MR) is 68.8 cm³/mol. The Morgan fingerprint density at radius 1 is 1.39 bits per heavy atom. The number of carbonyl (C=O) groups is 1. The third-order valence-corrected chi connectivity index (χ3v) is 2.50. The number of methoxy groups -OCH3 is 1. The van der Waals surface area contributed by atoms with E-state index < -0.39 is 0 Å². The number of ether oxygens (including phenoxy) is 1. The highest BCUT2D eigenvalue weighted by Crippen LogP contribution is 2.26. The van der Waals surface area contributed by atoms with Gasteiger partial charge >= 0.3 is 0 Å². The fraction of sp³-hybridized carbons (Fsp3) is 0.0714. The van der Waals surface area contributed by atoms with E-state index in [0.717, 1.165) is 5.69 Å². The van der Waals surface area contributed by atoms with Crippen LogP contribution in [0.25, 0.3) is 6.08 Å². The van der Waals surface area contributed by atoms with Gasteiger partial charge < -0.3 is 14.8 Å². The zero-order chi connectivity index (χ0) is 13.0. The Morgan fingerprint density at radius 3 is 2.89 bits per heavy atom. The van der Waals surface area contributed by atoms with Crippen molar-refractivity contribution in [2.45, 2.75) is 0 Å². The number of H-pyrrole nitrogens is 1. The molecule has 4 heteroatoms. The lowest BCUT2D eigenvalue weighted by molar-refractivity contribution is 0.104. The standard InChI is InChI=1S/C14H13NO3/c1-18-14-9-10(4-6-13(14)17)12(16)7-5-11-3-2-8-15-11/h2-9,15,17H,1H3/b7-5+. The summed E-state index contributed by atoms with van der Waals surface area (Å²) in [5.74, 6) is 0.152. The molecule has 18 heavy (non-hydrogen) atoms. The lowest BCUT2D eigenvalue weighted by atomic mass is 10.1. The molecule has 1 aromatic heterocycles. The van der Waals surface area contributed by atoms with Gasteiger partial charge in [0, 0.05) is 17.5 Å². The molecule has 2 aromatic rings. The molecule has 0 unspecified atom stereocenters. The van der Waals surface area contributed by atoms with Crippen LogP contribution >= 0.6 is 0 Å². The number of phenolic OH excluding ortho intramolecular Hbond substituents is 1. The molecule has 0 saturated carbocycles. The van der Waals surface area contributed by atoms with E-state index in [-0.39, 0.29) is 17.3 Å². The Kier molecular flexibility index (Phi) is 3.48. The monoisotopic (exact) mass is 243 g/mol.